The summed E-state index contributed by atoms with van der Waals surface area (Å²) in [5, 5.41) is 9.77. The Morgan fingerprint density at radius 1 is 1.48 bits per heavy atom. The third-order valence-electron chi connectivity index (χ3n) is 4.17. The van der Waals surface area contributed by atoms with Gasteiger partial charge in [0.2, 0.25) is 11.7 Å². The fourth-order valence-electron chi connectivity index (χ4n) is 2.42. The number of H-pyrrole nitrogens is 1. The fourth-order valence-corrected chi connectivity index (χ4v) is 3.30. The molecule has 1 fully saturated rings. The summed E-state index contributed by atoms with van der Waals surface area (Å²) in [5.41, 5.74) is -0.697. The van der Waals surface area contributed by atoms with Crippen LogP contribution in [0.15, 0.2) is 4.79 Å². The minimum atomic E-state index is -0.697. The van der Waals surface area contributed by atoms with E-state index < -0.39 is 23.1 Å². The van der Waals surface area contributed by atoms with Gasteiger partial charge in [-0.25, -0.2) is 0 Å². The van der Waals surface area contributed by atoms with E-state index in [1.807, 2.05) is 6.92 Å². The number of hydrogen-bond donors (Lipinski definition) is 2. The summed E-state index contributed by atoms with van der Waals surface area (Å²) < 4.78 is 0. The molecule has 0 aromatic carbocycles. The number of Topliss-reactive ketones (excluding diaryl/α,β-unsaturated/α-hetero) is 1. The zero-order chi connectivity index (χ0) is 15.8. The van der Waals surface area contributed by atoms with Crippen molar-refractivity contribution in [1.29, 1.82) is 0 Å². The Bertz CT molecular complexity index is 617. The summed E-state index contributed by atoms with van der Waals surface area (Å²) in [6.07, 6.45) is 1.98. The molecule has 7 heteroatoms. The van der Waals surface area contributed by atoms with Gasteiger partial charge in [0.25, 0.3) is 5.91 Å². The third kappa shape index (κ3) is 2.88. The van der Waals surface area contributed by atoms with Gasteiger partial charge in [0.15, 0.2) is 0 Å². The zero-order valence-corrected chi connectivity index (χ0v) is 13.2. The number of thiazole rings is 1. The highest BCUT2D eigenvalue weighted by Crippen LogP contribution is 2.38. The van der Waals surface area contributed by atoms with Crippen LogP contribution in [0.4, 0.5) is 0 Å². The fraction of sp³-hybridized carbons (Fsp3) is 0.643. The maximum Gasteiger partial charge on any atom is 0.307 e. The van der Waals surface area contributed by atoms with Gasteiger partial charge in [0.1, 0.15) is 0 Å². The number of nitrogens with zero attached hydrogens (tertiary/aromatic N) is 1. The molecule has 1 aromatic rings. The van der Waals surface area contributed by atoms with Gasteiger partial charge in [-0.15, -0.1) is 0 Å². The molecule has 2 N–H and O–H groups in total. The predicted octanol–water partition coefficient (Wildman–Crippen LogP) is 1.81. The molecule has 6 nitrogen and oxygen atoms in total. The number of likely N-dealkylation sites (tertiary alicyclic amines) is 1. The van der Waals surface area contributed by atoms with E-state index in [0.29, 0.717) is 24.3 Å². The SMILES string of the molecule is CCC(C)(C)C(=O)C(=O)N1CCCC1c1sc(=O)[nH]c1O. The van der Waals surface area contributed by atoms with Crippen molar-refractivity contribution in [2.24, 2.45) is 5.41 Å². The highest BCUT2D eigenvalue weighted by molar-refractivity contribution is 7.09. The molecule has 1 aliphatic rings. The second kappa shape index (κ2) is 5.63. The zero-order valence-electron chi connectivity index (χ0n) is 12.4. The predicted molar refractivity (Wildman–Crippen MR) is 79.4 cm³/mol. The Labute approximate surface area is 126 Å². The van der Waals surface area contributed by atoms with E-state index >= 15 is 0 Å². The number of aromatic amines is 1. The molecular formula is C14H20N2O4S. The van der Waals surface area contributed by atoms with Crippen LogP contribution < -0.4 is 4.87 Å². The van der Waals surface area contributed by atoms with Crippen LogP contribution in [0.3, 0.4) is 0 Å². The first-order valence-electron chi connectivity index (χ1n) is 7.05. The lowest BCUT2D eigenvalue weighted by atomic mass is 9.84. The summed E-state index contributed by atoms with van der Waals surface area (Å²) in [6.45, 7) is 5.85. The molecule has 21 heavy (non-hydrogen) atoms. The number of nitrogens with one attached hydrogen (secondary N) is 1. The molecule has 116 valence electrons. The average Bonchev–Trinajstić information content (AvgIpc) is 3.03. The lowest BCUT2D eigenvalue weighted by Gasteiger charge is -2.27. The number of ketones is 1. The second-order valence-corrected chi connectivity index (χ2v) is 6.97. The van der Waals surface area contributed by atoms with E-state index in [1.165, 1.54) is 4.90 Å². The number of carbonyl (C=O) groups is 2. The lowest BCUT2D eigenvalue weighted by molar-refractivity contribution is -0.149. The first kappa shape index (κ1) is 15.8. The van der Waals surface area contributed by atoms with E-state index in [1.54, 1.807) is 13.8 Å². The van der Waals surface area contributed by atoms with Gasteiger partial charge < -0.3 is 10.0 Å². The van der Waals surface area contributed by atoms with E-state index in [0.717, 1.165) is 17.8 Å². The first-order chi connectivity index (χ1) is 9.77. The van der Waals surface area contributed by atoms with Crippen molar-refractivity contribution in [2.45, 2.75) is 46.1 Å². The van der Waals surface area contributed by atoms with E-state index in [-0.39, 0.29) is 10.8 Å². The van der Waals surface area contributed by atoms with Gasteiger partial charge in [-0.1, -0.05) is 32.1 Å². The summed E-state index contributed by atoms with van der Waals surface area (Å²) >= 11 is 0.891. The molecule has 0 bridgehead atoms. The molecule has 0 aliphatic carbocycles. The van der Waals surface area contributed by atoms with Gasteiger partial charge in [0, 0.05) is 12.0 Å². The summed E-state index contributed by atoms with van der Waals surface area (Å²) in [4.78, 5) is 40.0. The van der Waals surface area contributed by atoms with Gasteiger partial charge in [0.05, 0.1) is 10.9 Å². The smallest absolute Gasteiger partial charge is 0.307 e. The number of aromatic hydroxyl groups is 1. The van der Waals surface area contributed by atoms with Crippen molar-refractivity contribution in [2.75, 3.05) is 6.54 Å². The molecule has 1 atom stereocenters. The van der Waals surface area contributed by atoms with Crippen molar-refractivity contribution < 1.29 is 14.7 Å². The van der Waals surface area contributed by atoms with Crippen molar-refractivity contribution in [3.8, 4) is 5.88 Å². The summed E-state index contributed by atoms with van der Waals surface area (Å²) in [6, 6.07) is -0.391. The Hall–Kier alpha value is -1.63. The van der Waals surface area contributed by atoms with Crippen LogP contribution in [-0.4, -0.2) is 33.2 Å². The van der Waals surface area contributed by atoms with Crippen molar-refractivity contribution in [3.05, 3.63) is 14.5 Å². The normalized spacial score (nSPS) is 19.0. The maximum absolute atomic E-state index is 12.5. The Balaban J connectivity index is 2.27. The van der Waals surface area contributed by atoms with E-state index in [9.17, 15) is 19.5 Å². The summed E-state index contributed by atoms with van der Waals surface area (Å²) in [7, 11) is 0. The molecular weight excluding hydrogens is 292 g/mol. The first-order valence-corrected chi connectivity index (χ1v) is 7.87. The van der Waals surface area contributed by atoms with Gasteiger partial charge in [-0.2, -0.15) is 0 Å². The number of aromatic nitrogens is 1. The van der Waals surface area contributed by atoms with E-state index in [2.05, 4.69) is 4.98 Å². The molecule has 2 rings (SSSR count). The standard InChI is InChI=1S/C14H20N2O4S/c1-4-14(2,3)10(17)12(19)16-7-5-6-8(16)9-11(18)15-13(20)21-9/h8,18H,4-7H2,1-3H3,(H,15,20). The van der Waals surface area contributed by atoms with Crippen molar-refractivity contribution in [1.82, 2.24) is 9.88 Å². The second-order valence-electron chi connectivity index (χ2n) is 5.95. The molecule has 0 radical (unpaired) electrons. The monoisotopic (exact) mass is 312 g/mol. The van der Waals surface area contributed by atoms with Crippen LogP contribution in [0.5, 0.6) is 5.88 Å². The van der Waals surface area contributed by atoms with Gasteiger partial charge in [-0.3, -0.25) is 19.4 Å². The van der Waals surface area contributed by atoms with Crippen molar-refractivity contribution in [3.63, 3.8) is 0 Å². The molecule has 0 spiro atoms. The molecule has 1 saturated heterocycles. The Morgan fingerprint density at radius 2 is 2.14 bits per heavy atom. The lowest BCUT2D eigenvalue weighted by Crippen LogP contribution is -2.42. The Morgan fingerprint density at radius 3 is 2.67 bits per heavy atom. The highest BCUT2D eigenvalue weighted by Gasteiger charge is 2.40. The summed E-state index contributed by atoms with van der Waals surface area (Å²) in [5.74, 6) is -1.14. The Kier molecular flexibility index (Phi) is 4.22. The number of hydrogen-bond acceptors (Lipinski definition) is 5. The highest BCUT2D eigenvalue weighted by atomic mass is 32.1. The molecule has 0 saturated carbocycles. The van der Waals surface area contributed by atoms with Crippen LogP contribution in [-0.2, 0) is 9.59 Å². The van der Waals surface area contributed by atoms with Crippen LogP contribution in [0, 0.1) is 5.41 Å². The van der Waals surface area contributed by atoms with Crippen molar-refractivity contribution >= 4 is 23.0 Å². The molecule has 1 amide bonds. The maximum atomic E-state index is 12.5. The molecule has 1 aliphatic heterocycles. The topological polar surface area (TPSA) is 90.5 Å². The van der Waals surface area contributed by atoms with Crippen LogP contribution in [0.2, 0.25) is 0 Å². The molecule has 2 heterocycles. The van der Waals surface area contributed by atoms with Gasteiger partial charge >= 0.3 is 4.87 Å². The number of rotatable bonds is 4. The van der Waals surface area contributed by atoms with E-state index in [4.69, 9.17) is 0 Å². The molecule has 1 aromatic heterocycles. The van der Waals surface area contributed by atoms with Crippen LogP contribution in [0.25, 0.3) is 0 Å². The minimum absolute atomic E-state index is 0.197. The molecule has 1 unspecified atom stereocenters. The van der Waals surface area contributed by atoms with Gasteiger partial charge in [-0.05, 0) is 19.3 Å². The largest absolute Gasteiger partial charge is 0.494 e. The quantitative estimate of drug-likeness (QED) is 0.830. The minimum Gasteiger partial charge on any atom is -0.494 e. The number of amides is 1. The average molecular weight is 312 g/mol. The third-order valence-corrected chi connectivity index (χ3v) is 5.14. The van der Waals surface area contributed by atoms with Crippen LogP contribution in [0.1, 0.15) is 51.0 Å². The number of carbonyl (C=O) groups excluding carboxylic acids is 2. The van der Waals surface area contributed by atoms with Crippen LogP contribution >= 0.6 is 11.3 Å².